The zero-order valence-electron chi connectivity index (χ0n) is 24.3. The molecule has 1 aromatic rings. The summed E-state index contributed by atoms with van der Waals surface area (Å²) >= 11 is 0. The Hall–Kier alpha value is -2.48. The van der Waals surface area contributed by atoms with Crippen molar-refractivity contribution >= 4 is 11.9 Å². The summed E-state index contributed by atoms with van der Waals surface area (Å²) in [7, 11) is 0. The summed E-state index contributed by atoms with van der Waals surface area (Å²) in [5.74, 6) is -0.554. The van der Waals surface area contributed by atoms with Crippen LogP contribution in [-0.4, -0.2) is 49.4 Å². The van der Waals surface area contributed by atoms with Gasteiger partial charge in [-0.25, -0.2) is 4.79 Å². The van der Waals surface area contributed by atoms with Crippen molar-refractivity contribution in [1.82, 2.24) is 0 Å². The van der Waals surface area contributed by atoms with Gasteiger partial charge in [0, 0.05) is 12.3 Å². The van der Waals surface area contributed by atoms with E-state index in [-0.39, 0.29) is 42.1 Å². The van der Waals surface area contributed by atoms with Crippen molar-refractivity contribution in [2.45, 2.75) is 90.5 Å². The molecule has 2 saturated heterocycles. The van der Waals surface area contributed by atoms with E-state index < -0.39 is 5.97 Å². The maximum atomic E-state index is 12.8. The van der Waals surface area contributed by atoms with Crippen molar-refractivity contribution in [3.8, 4) is 0 Å². The number of hydrogen-bond donors (Lipinski definition) is 0. The van der Waals surface area contributed by atoms with Crippen LogP contribution in [0.5, 0.6) is 0 Å². The minimum Gasteiger partial charge on any atom is -0.461 e. The number of fused-ring (bicyclic) bond motifs is 1. The standard InChI is InChI=1S/C33H44O7/c1-5-22(3)31(34)39-29-18-21(2)17-25-12-11-23(4)28(30(25)29)14-13-26-19-27(20-33(40-26)36-15-16-37-33)38-32(35)24-9-7-6-8-10-24/h6-12,17,21-23,26-30H,5,13-16,18-20H2,1-4H3/t21-,22-,23-,26+,27+,28-,29-,30-/m0/s1. The predicted molar refractivity (Wildman–Crippen MR) is 150 cm³/mol. The van der Waals surface area contributed by atoms with Crippen molar-refractivity contribution in [2.24, 2.45) is 29.6 Å². The fourth-order valence-electron chi connectivity index (χ4n) is 6.72. The minimum atomic E-state index is -1.16. The molecule has 1 spiro atoms. The van der Waals surface area contributed by atoms with Gasteiger partial charge in [-0.2, -0.15) is 0 Å². The summed E-state index contributed by atoms with van der Waals surface area (Å²) < 4.78 is 30.4. The molecule has 218 valence electrons. The lowest BCUT2D eigenvalue weighted by Crippen LogP contribution is -2.48. The van der Waals surface area contributed by atoms with Crippen LogP contribution in [0.2, 0.25) is 0 Å². The molecule has 40 heavy (non-hydrogen) atoms. The molecule has 5 rings (SSSR count). The zero-order chi connectivity index (χ0) is 28.3. The van der Waals surface area contributed by atoms with Gasteiger partial charge in [0.05, 0.1) is 37.2 Å². The van der Waals surface area contributed by atoms with Gasteiger partial charge in [0.15, 0.2) is 0 Å². The van der Waals surface area contributed by atoms with Crippen LogP contribution in [-0.2, 0) is 28.5 Å². The molecule has 0 saturated carbocycles. The molecule has 0 radical (unpaired) electrons. The van der Waals surface area contributed by atoms with Gasteiger partial charge in [-0.05, 0) is 61.1 Å². The Bertz CT molecular complexity index is 1090. The number of allylic oxidation sites excluding steroid dienone is 3. The summed E-state index contributed by atoms with van der Waals surface area (Å²) in [6.07, 6.45) is 10.4. The SMILES string of the molecule is CC[C@H](C)C(=O)O[C@H]1C[C@@H](C)C=C2C=C[C@H](C)[C@H](CC[C@@H]3C[C@@H](OC(=O)c4ccccc4)CC4(OCCO4)O3)[C@H]21. The van der Waals surface area contributed by atoms with Crippen LogP contribution in [0.1, 0.15) is 76.6 Å². The van der Waals surface area contributed by atoms with Crippen LogP contribution in [0.4, 0.5) is 0 Å². The number of carbonyl (C=O) groups excluding carboxylic acids is 2. The Morgan fingerprint density at radius 3 is 2.52 bits per heavy atom. The van der Waals surface area contributed by atoms with Crippen LogP contribution >= 0.6 is 0 Å². The molecule has 1 aromatic carbocycles. The van der Waals surface area contributed by atoms with Gasteiger partial charge in [-0.15, -0.1) is 0 Å². The molecule has 7 heteroatoms. The van der Waals surface area contributed by atoms with E-state index in [1.807, 2.05) is 32.0 Å². The van der Waals surface area contributed by atoms with Crippen molar-refractivity contribution in [3.63, 3.8) is 0 Å². The summed E-state index contributed by atoms with van der Waals surface area (Å²) in [5.41, 5.74) is 1.81. The number of esters is 2. The lowest BCUT2D eigenvalue weighted by Gasteiger charge is -2.44. The van der Waals surface area contributed by atoms with Crippen molar-refractivity contribution < 1.29 is 33.3 Å². The van der Waals surface area contributed by atoms with Gasteiger partial charge in [-0.3, -0.25) is 4.79 Å². The number of benzene rings is 1. The van der Waals surface area contributed by atoms with Gasteiger partial charge < -0.3 is 23.7 Å². The quantitative estimate of drug-likeness (QED) is 0.354. The van der Waals surface area contributed by atoms with E-state index in [9.17, 15) is 9.59 Å². The van der Waals surface area contributed by atoms with Crippen molar-refractivity contribution in [1.29, 1.82) is 0 Å². The fourth-order valence-corrected chi connectivity index (χ4v) is 6.72. The van der Waals surface area contributed by atoms with Crippen molar-refractivity contribution in [2.75, 3.05) is 13.2 Å². The molecule has 2 heterocycles. The molecule has 0 amide bonds. The molecule has 2 aliphatic heterocycles. The summed E-state index contributed by atoms with van der Waals surface area (Å²) in [6.45, 7) is 9.31. The number of hydrogen-bond acceptors (Lipinski definition) is 7. The fraction of sp³-hybridized carbons (Fsp3) is 0.636. The Balaban J connectivity index is 1.29. The third-order valence-corrected chi connectivity index (χ3v) is 9.06. The second kappa shape index (κ2) is 12.6. The van der Waals surface area contributed by atoms with E-state index in [1.165, 1.54) is 5.57 Å². The predicted octanol–water partition coefficient (Wildman–Crippen LogP) is 6.23. The third-order valence-electron chi connectivity index (χ3n) is 9.06. The Labute approximate surface area is 238 Å². The molecule has 0 bridgehead atoms. The van der Waals surface area contributed by atoms with E-state index in [1.54, 1.807) is 12.1 Å². The Morgan fingerprint density at radius 1 is 1.05 bits per heavy atom. The van der Waals surface area contributed by atoms with Crippen LogP contribution < -0.4 is 0 Å². The van der Waals surface area contributed by atoms with Gasteiger partial charge in [0.2, 0.25) is 0 Å². The number of carbonyl (C=O) groups is 2. The summed E-state index contributed by atoms with van der Waals surface area (Å²) in [4.78, 5) is 25.7. The molecule has 0 N–H and O–H groups in total. The van der Waals surface area contributed by atoms with Gasteiger partial charge >= 0.3 is 11.9 Å². The molecule has 2 fully saturated rings. The van der Waals surface area contributed by atoms with E-state index in [4.69, 9.17) is 23.7 Å². The maximum Gasteiger partial charge on any atom is 0.338 e. The first-order valence-electron chi connectivity index (χ1n) is 15.1. The molecule has 4 aliphatic rings. The van der Waals surface area contributed by atoms with Crippen LogP contribution in [0.3, 0.4) is 0 Å². The van der Waals surface area contributed by atoms with Crippen LogP contribution in [0, 0.1) is 29.6 Å². The smallest absolute Gasteiger partial charge is 0.338 e. The molecule has 8 atom stereocenters. The number of rotatable bonds is 8. The monoisotopic (exact) mass is 552 g/mol. The lowest BCUT2D eigenvalue weighted by atomic mass is 9.65. The van der Waals surface area contributed by atoms with Gasteiger partial charge in [0.25, 0.3) is 5.97 Å². The van der Waals surface area contributed by atoms with Crippen LogP contribution in [0.25, 0.3) is 0 Å². The lowest BCUT2D eigenvalue weighted by molar-refractivity contribution is -0.375. The topological polar surface area (TPSA) is 80.3 Å². The normalized spacial score (nSPS) is 33.6. The second-order valence-electron chi connectivity index (χ2n) is 12.1. The first-order chi connectivity index (χ1) is 19.3. The zero-order valence-corrected chi connectivity index (χ0v) is 24.3. The van der Waals surface area contributed by atoms with E-state index >= 15 is 0 Å². The molecule has 0 aromatic heterocycles. The number of ether oxygens (including phenoxy) is 5. The van der Waals surface area contributed by atoms with Crippen molar-refractivity contribution in [3.05, 3.63) is 59.7 Å². The molecule has 7 nitrogen and oxygen atoms in total. The summed E-state index contributed by atoms with van der Waals surface area (Å²) in [5, 5.41) is 0. The first kappa shape index (κ1) is 29.0. The van der Waals surface area contributed by atoms with E-state index in [0.29, 0.717) is 49.4 Å². The molecule has 2 aliphatic carbocycles. The molecular formula is C33H44O7. The Morgan fingerprint density at radius 2 is 1.80 bits per heavy atom. The van der Waals surface area contributed by atoms with E-state index in [0.717, 1.165) is 25.7 Å². The van der Waals surface area contributed by atoms with Crippen LogP contribution in [0.15, 0.2) is 54.1 Å². The molecule has 0 unspecified atom stereocenters. The second-order valence-corrected chi connectivity index (χ2v) is 12.1. The maximum absolute atomic E-state index is 12.8. The summed E-state index contributed by atoms with van der Waals surface area (Å²) in [6, 6.07) is 9.06. The first-order valence-corrected chi connectivity index (χ1v) is 15.1. The molecular weight excluding hydrogens is 508 g/mol. The van der Waals surface area contributed by atoms with Gasteiger partial charge in [0.1, 0.15) is 12.2 Å². The van der Waals surface area contributed by atoms with Gasteiger partial charge in [-0.1, -0.05) is 64.1 Å². The highest BCUT2D eigenvalue weighted by Crippen LogP contribution is 2.46. The Kier molecular flexibility index (Phi) is 9.13. The highest BCUT2D eigenvalue weighted by Gasteiger charge is 2.49. The third kappa shape index (κ3) is 6.53. The average Bonchev–Trinajstić information content (AvgIpc) is 3.39. The largest absolute Gasteiger partial charge is 0.461 e. The minimum absolute atomic E-state index is 0.0990. The highest BCUT2D eigenvalue weighted by molar-refractivity contribution is 5.89. The average molecular weight is 553 g/mol. The highest BCUT2D eigenvalue weighted by atomic mass is 16.9. The van der Waals surface area contributed by atoms with E-state index in [2.05, 4.69) is 32.1 Å².